The Morgan fingerprint density at radius 2 is 1.39 bits per heavy atom. The van der Waals surface area contributed by atoms with Gasteiger partial charge in [-0.05, 0) is 39.7 Å². The molecule has 0 aromatic carbocycles. The second-order valence-electron chi connectivity index (χ2n) is 5.18. The molecule has 0 nitrogen and oxygen atoms in total. The zero-order chi connectivity index (χ0) is 13.1. The highest BCUT2D eigenvalue weighted by molar-refractivity contribution is 9.10. The van der Waals surface area contributed by atoms with Crippen LogP contribution in [0.3, 0.4) is 0 Å². The van der Waals surface area contributed by atoms with Crippen molar-refractivity contribution >= 4 is 27.3 Å². The van der Waals surface area contributed by atoms with Gasteiger partial charge >= 0.3 is 0 Å². The maximum atomic E-state index is 3.60. The molecule has 0 unspecified atom stereocenters. The van der Waals surface area contributed by atoms with Gasteiger partial charge in [0.1, 0.15) is 0 Å². The van der Waals surface area contributed by atoms with E-state index in [-0.39, 0.29) is 0 Å². The van der Waals surface area contributed by atoms with Crippen LogP contribution >= 0.6 is 27.3 Å². The van der Waals surface area contributed by atoms with E-state index in [0.29, 0.717) is 0 Å². The molecule has 0 fully saturated rings. The predicted molar refractivity (Wildman–Crippen MR) is 87.6 cm³/mol. The standard InChI is InChI=1S/C16H27BrS/c1-2-3-4-5-6-7-8-9-10-11-12-15-13-18-14-16(15)17/h13-14H,2-12H2,1H3. The topological polar surface area (TPSA) is 0 Å². The van der Waals surface area contributed by atoms with Gasteiger partial charge < -0.3 is 0 Å². The van der Waals surface area contributed by atoms with Crippen molar-refractivity contribution in [2.45, 2.75) is 77.6 Å². The molecule has 104 valence electrons. The Bertz CT molecular complexity index is 293. The van der Waals surface area contributed by atoms with Gasteiger partial charge in [0, 0.05) is 9.85 Å². The Morgan fingerprint density at radius 3 is 1.89 bits per heavy atom. The molecule has 0 aliphatic rings. The molecular weight excluding hydrogens is 304 g/mol. The van der Waals surface area contributed by atoms with E-state index in [4.69, 9.17) is 0 Å². The minimum atomic E-state index is 1.25. The van der Waals surface area contributed by atoms with Crippen LogP contribution in [0.4, 0.5) is 0 Å². The Balaban J connectivity index is 1.83. The predicted octanol–water partition coefficient (Wildman–Crippen LogP) is 6.97. The zero-order valence-corrected chi connectivity index (χ0v) is 14.1. The average Bonchev–Trinajstić information content (AvgIpc) is 2.77. The zero-order valence-electron chi connectivity index (χ0n) is 11.7. The number of unbranched alkanes of at least 4 members (excludes halogenated alkanes) is 9. The van der Waals surface area contributed by atoms with Crippen molar-refractivity contribution in [3.63, 3.8) is 0 Å². The van der Waals surface area contributed by atoms with Gasteiger partial charge in [-0.3, -0.25) is 0 Å². The van der Waals surface area contributed by atoms with Crippen LogP contribution in [0.15, 0.2) is 15.2 Å². The summed E-state index contributed by atoms with van der Waals surface area (Å²) in [5, 5.41) is 4.46. The van der Waals surface area contributed by atoms with Crippen molar-refractivity contribution in [2.75, 3.05) is 0 Å². The molecule has 0 atom stereocenters. The quantitative estimate of drug-likeness (QED) is 0.384. The van der Waals surface area contributed by atoms with E-state index < -0.39 is 0 Å². The molecule has 0 saturated carbocycles. The summed E-state index contributed by atoms with van der Waals surface area (Å²) < 4.78 is 1.31. The summed E-state index contributed by atoms with van der Waals surface area (Å²) in [5.74, 6) is 0. The van der Waals surface area contributed by atoms with Crippen LogP contribution in [0, 0.1) is 0 Å². The van der Waals surface area contributed by atoms with Crippen molar-refractivity contribution in [3.8, 4) is 0 Å². The third kappa shape index (κ3) is 7.58. The summed E-state index contributed by atoms with van der Waals surface area (Å²) >= 11 is 5.40. The Kier molecular flexibility index (Phi) is 9.96. The summed E-state index contributed by atoms with van der Waals surface area (Å²) in [7, 11) is 0. The fraction of sp³-hybridized carbons (Fsp3) is 0.750. The monoisotopic (exact) mass is 330 g/mol. The van der Waals surface area contributed by atoms with Gasteiger partial charge in [0.2, 0.25) is 0 Å². The van der Waals surface area contributed by atoms with E-state index in [9.17, 15) is 0 Å². The largest absolute Gasteiger partial charge is 0.151 e. The van der Waals surface area contributed by atoms with Crippen LogP contribution in [0.1, 0.15) is 76.7 Å². The smallest absolute Gasteiger partial charge is 0.0314 e. The Hall–Kier alpha value is 0.180. The van der Waals surface area contributed by atoms with Gasteiger partial charge in [-0.25, -0.2) is 0 Å². The number of hydrogen-bond acceptors (Lipinski definition) is 1. The number of aryl methyl sites for hydroxylation is 1. The molecule has 18 heavy (non-hydrogen) atoms. The van der Waals surface area contributed by atoms with Crippen LogP contribution in [-0.2, 0) is 6.42 Å². The molecule has 2 heteroatoms. The van der Waals surface area contributed by atoms with Gasteiger partial charge in [0.25, 0.3) is 0 Å². The average molecular weight is 331 g/mol. The molecule has 1 heterocycles. The highest BCUT2D eigenvalue weighted by Gasteiger charge is 2.00. The van der Waals surface area contributed by atoms with Gasteiger partial charge in [-0.15, -0.1) is 0 Å². The van der Waals surface area contributed by atoms with E-state index in [1.165, 1.54) is 80.7 Å². The highest BCUT2D eigenvalue weighted by Crippen LogP contribution is 2.23. The van der Waals surface area contributed by atoms with E-state index in [1.807, 2.05) is 0 Å². The first-order valence-electron chi connectivity index (χ1n) is 7.55. The van der Waals surface area contributed by atoms with Crippen LogP contribution in [0.2, 0.25) is 0 Å². The number of thiophene rings is 1. The highest BCUT2D eigenvalue weighted by atomic mass is 79.9. The molecular formula is C16H27BrS. The van der Waals surface area contributed by atoms with Crippen LogP contribution in [-0.4, -0.2) is 0 Å². The second-order valence-corrected chi connectivity index (χ2v) is 6.77. The van der Waals surface area contributed by atoms with Crippen LogP contribution < -0.4 is 0 Å². The fourth-order valence-corrected chi connectivity index (χ4v) is 3.83. The number of halogens is 1. The Morgan fingerprint density at radius 1 is 0.833 bits per heavy atom. The van der Waals surface area contributed by atoms with Gasteiger partial charge in [-0.1, -0.05) is 64.7 Å². The maximum Gasteiger partial charge on any atom is 0.0314 e. The van der Waals surface area contributed by atoms with Crippen molar-refractivity contribution in [3.05, 3.63) is 20.8 Å². The maximum absolute atomic E-state index is 3.60. The third-order valence-electron chi connectivity index (χ3n) is 3.49. The number of rotatable bonds is 11. The molecule has 0 bridgehead atoms. The first-order chi connectivity index (χ1) is 8.84. The van der Waals surface area contributed by atoms with E-state index in [2.05, 4.69) is 33.6 Å². The van der Waals surface area contributed by atoms with Gasteiger partial charge in [0.05, 0.1) is 0 Å². The molecule has 0 aliphatic heterocycles. The Labute approximate surface area is 125 Å². The molecule has 1 rings (SSSR count). The summed E-state index contributed by atoms with van der Waals surface area (Å²) in [6.45, 7) is 2.28. The van der Waals surface area contributed by atoms with E-state index in [0.717, 1.165) is 0 Å². The van der Waals surface area contributed by atoms with Gasteiger partial charge in [0.15, 0.2) is 0 Å². The molecule has 0 saturated heterocycles. The summed E-state index contributed by atoms with van der Waals surface area (Å²) in [4.78, 5) is 0. The first kappa shape index (κ1) is 16.2. The van der Waals surface area contributed by atoms with Crippen molar-refractivity contribution in [1.82, 2.24) is 0 Å². The lowest BCUT2D eigenvalue weighted by Crippen LogP contribution is -1.85. The minimum absolute atomic E-state index is 1.25. The van der Waals surface area contributed by atoms with Crippen molar-refractivity contribution < 1.29 is 0 Å². The van der Waals surface area contributed by atoms with E-state index in [1.54, 1.807) is 11.3 Å². The molecule has 0 amide bonds. The summed E-state index contributed by atoms with van der Waals surface area (Å²) in [6, 6.07) is 0. The fourth-order valence-electron chi connectivity index (χ4n) is 2.29. The molecule has 0 spiro atoms. The summed E-state index contributed by atoms with van der Waals surface area (Å²) in [6.07, 6.45) is 15.5. The second kappa shape index (κ2) is 11.0. The van der Waals surface area contributed by atoms with Crippen LogP contribution in [0.5, 0.6) is 0 Å². The lowest BCUT2D eigenvalue weighted by molar-refractivity contribution is 0.556. The van der Waals surface area contributed by atoms with Gasteiger partial charge in [-0.2, -0.15) is 11.3 Å². The molecule has 0 aliphatic carbocycles. The minimum Gasteiger partial charge on any atom is -0.151 e. The molecule has 1 aromatic heterocycles. The van der Waals surface area contributed by atoms with Crippen LogP contribution in [0.25, 0.3) is 0 Å². The molecule has 1 aromatic rings. The molecule has 0 radical (unpaired) electrons. The van der Waals surface area contributed by atoms with E-state index >= 15 is 0 Å². The van der Waals surface area contributed by atoms with Crippen molar-refractivity contribution in [1.29, 1.82) is 0 Å². The lowest BCUT2D eigenvalue weighted by Gasteiger charge is -2.02. The third-order valence-corrected chi connectivity index (χ3v) is 5.32. The normalized spacial score (nSPS) is 11.0. The first-order valence-corrected chi connectivity index (χ1v) is 9.28. The molecule has 0 N–H and O–H groups in total. The van der Waals surface area contributed by atoms with Crippen molar-refractivity contribution in [2.24, 2.45) is 0 Å². The lowest BCUT2D eigenvalue weighted by atomic mass is 10.0. The summed E-state index contributed by atoms with van der Waals surface area (Å²) in [5.41, 5.74) is 1.50. The SMILES string of the molecule is CCCCCCCCCCCCc1cscc1Br. The number of hydrogen-bond donors (Lipinski definition) is 0.